The van der Waals surface area contributed by atoms with Crippen molar-refractivity contribution in [2.24, 2.45) is 0 Å². The summed E-state index contributed by atoms with van der Waals surface area (Å²) in [5.41, 5.74) is 0. The Labute approximate surface area is 136 Å². The van der Waals surface area contributed by atoms with Gasteiger partial charge in [-0.2, -0.15) is 0 Å². The number of ether oxygens (including phenoxy) is 2. The molecule has 3 atom stereocenters. The second kappa shape index (κ2) is 6.46. The van der Waals surface area contributed by atoms with E-state index < -0.39 is 16.6 Å². The summed E-state index contributed by atoms with van der Waals surface area (Å²) in [7, 11) is 0.831. The van der Waals surface area contributed by atoms with Gasteiger partial charge < -0.3 is 14.8 Å². The summed E-state index contributed by atoms with van der Waals surface area (Å²) in [6, 6.07) is 7.93. The highest BCUT2D eigenvalue weighted by molar-refractivity contribution is 9.10. The fourth-order valence-corrected chi connectivity index (χ4v) is 5.74. The molecule has 1 aromatic carbocycles. The van der Waals surface area contributed by atoms with E-state index in [1.54, 1.807) is 0 Å². The van der Waals surface area contributed by atoms with Crippen molar-refractivity contribution in [1.82, 2.24) is 5.32 Å². The standard InChI is InChI=1S/C15H20BrNO3S/c1-17-12-6-7-15(19-8-9-20-15)10-14(12)21(18)13-5-3-2-4-11(13)16/h2-5,12,14,17H,6-10H2,1H3. The molecule has 2 fully saturated rings. The van der Waals surface area contributed by atoms with Crippen LogP contribution in [-0.2, 0) is 20.3 Å². The van der Waals surface area contributed by atoms with Gasteiger partial charge >= 0.3 is 0 Å². The van der Waals surface area contributed by atoms with Gasteiger partial charge in [0.1, 0.15) is 0 Å². The molecule has 1 N–H and O–H groups in total. The van der Waals surface area contributed by atoms with E-state index in [1.165, 1.54) is 0 Å². The number of benzene rings is 1. The summed E-state index contributed by atoms with van der Waals surface area (Å²) in [4.78, 5) is 0.845. The van der Waals surface area contributed by atoms with E-state index in [1.807, 2.05) is 31.3 Å². The molecule has 0 radical (unpaired) electrons. The summed E-state index contributed by atoms with van der Waals surface area (Å²) in [5.74, 6) is -0.519. The lowest BCUT2D eigenvalue weighted by atomic mass is 9.89. The predicted molar refractivity (Wildman–Crippen MR) is 85.7 cm³/mol. The van der Waals surface area contributed by atoms with Crippen LogP contribution in [0.5, 0.6) is 0 Å². The molecule has 1 saturated heterocycles. The van der Waals surface area contributed by atoms with E-state index >= 15 is 0 Å². The van der Waals surface area contributed by atoms with Gasteiger partial charge in [-0.05, 0) is 41.5 Å². The molecule has 1 spiro atoms. The van der Waals surface area contributed by atoms with Crippen LogP contribution in [0.4, 0.5) is 0 Å². The van der Waals surface area contributed by atoms with Crippen molar-refractivity contribution in [1.29, 1.82) is 0 Å². The van der Waals surface area contributed by atoms with Crippen LogP contribution in [0.2, 0.25) is 0 Å². The van der Waals surface area contributed by atoms with Crippen molar-refractivity contribution < 1.29 is 13.7 Å². The predicted octanol–water partition coefficient (Wildman–Crippen LogP) is 2.44. The maximum atomic E-state index is 13.1. The normalized spacial score (nSPS) is 29.6. The fraction of sp³-hybridized carbons (Fsp3) is 0.600. The first kappa shape index (κ1) is 15.6. The minimum Gasteiger partial charge on any atom is -0.347 e. The molecule has 0 amide bonds. The lowest BCUT2D eigenvalue weighted by molar-refractivity contribution is -0.178. The molecule has 3 unspecified atom stereocenters. The largest absolute Gasteiger partial charge is 0.347 e. The molecule has 6 heteroatoms. The SMILES string of the molecule is CNC1CCC2(CC1S(=O)c1ccccc1Br)OCCO2. The monoisotopic (exact) mass is 373 g/mol. The molecule has 116 valence electrons. The third-order valence-electron chi connectivity index (χ3n) is 4.31. The molecular weight excluding hydrogens is 354 g/mol. The number of rotatable bonds is 3. The van der Waals surface area contributed by atoms with E-state index in [9.17, 15) is 4.21 Å². The van der Waals surface area contributed by atoms with Gasteiger partial charge in [-0.3, -0.25) is 4.21 Å². The first-order valence-corrected chi connectivity index (χ1v) is 9.26. The van der Waals surface area contributed by atoms with Crippen molar-refractivity contribution in [2.45, 2.75) is 41.2 Å². The molecule has 2 aliphatic rings. The molecule has 0 aromatic heterocycles. The Hall–Kier alpha value is -0.270. The van der Waals surface area contributed by atoms with Crippen LogP contribution in [0.1, 0.15) is 19.3 Å². The number of halogens is 1. The van der Waals surface area contributed by atoms with E-state index in [2.05, 4.69) is 21.2 Å². The Bertz CT molecular complexity index is 533. The minimum atomic E-state index is -1.10. The molecule has 1 saturated carbocycles. The molecule has 4 nitrogen and oxygen atoms in total. The summed E-state index contributed by atoms with van der Waals surface area (Å²) >= 11 is 3.50. The fourth-order valence-electron chi connectivity index (χ4n) is 3.20. The molecule has 1 heterocycles. The van der Waals surface area contributed by atoms with Crippen LogP contribution in [0.15, 0.2) is 33.6 Å². The zero-order chi connectivity index (χ0) is 14.9. The van der Waals surface area contributed by atoms with Crippen LogP contribution < -0.4 is 5.32 Å². The van der Waals surface area contributed by atoms with E-state index in [0.717, 1.165) is 22.2 Å². The lowest BCUT2D eigenvalue weighted by Crippen LogP contribution is -2.51. The van der Waals surface area contributed by atoms with Gasteiger partial charge in [-0.1, -0.05) is 12.1 Å². The third-order valence-corrected chi connectivity index (χ3v) is 7.10. The molecule has 1 aliphatic heterocycles. The topological polar surface area (TPSA) is 47.6 Å². The summed E-state index contributed by atoms with van der Waals surface area (Å²) < 4.78 is 25.6. The Balaban J connectivity index is 1.86. The Kier molecular flexibility index (Phi) is 4.81. The lowest BCUT2D eigenvalue weighted by Gasteiger charge is -2.40. The van der Waals surface area contributed by atoms with E-state index in [-0.39, 0.29) is 11.3 Å². The Morgan fingerprint density at radius 1 is 1.33 bits per heavy atom. The van der Waals surface area contributed by atoms with Crippen LogP contribution in [0.3, 0.4) is 0 Å². The van der Waals surface area contributed by atoms with Gasteiger partial charge in [-0.25, -0.2) is 0 Å². The third kappa shape index (κ3) is 3.10. The molecule has 0 bridgehead atoms. The highest BCUT2D eigenvalue weighted by Gasteiger charge is 2.47. The van der Waals surface area contributed by atoms with Crippen molar-refractivity contribution in [2.75, 3.05) is 20.3 Å². The average molecular weight is 374 g/mol. The maximum Gasteiger partial charge on any atom is 0.169 e. The highest BCUT2D eigenvalue weighted by Crippen LogP contribution is 2.39. The summed E-state index contributed by atoms with van der Waals surface area (Å²) in [5, 5.41) is 3.30. The smallest absolute Gasteiger partial charge is 0.169 e. The van der Waals surface area contributed by atoms with Gasteiger partial charge in [0.25, 0.3) is 0 Å². The second-order valence-electron chi connectivity index (χ2n) is 5.51. The Morgan fingerprint density at radius 2 is 2.05 bits per heavy atom. The Morgan fingerprint density at radius 3 is 2.71 bits per heavy atom. The van der Waals surface area contributed by atoms with E-state index in [0.29, 0.717) is 19.6 Å². The highest BCUT2D eigenvalue weighted by atomic mass is 79.9. The molecule has 3 rings (SSSR count). The van der Waals surface area contributed by atoms with Crippen LogP contribution >= 0.6 is 15.9 Å². The summed E-state index contributed by atoms with van der Waals surface area (Å²) in [6.07, 6.45) is 2.45. The van der Waals surface area contributed by atoms with Crippen LogP contribution in [0.25, 0.3) is 0 Å². The van der Waals surface area contributed by atoms with Crippen molar-refractivity contribution >= 4 is 26.7 Å². The molecule has 1 aromatic rings. The van der Waals surface area contributed by atoms with Gasteiger partial charge in [-0.15, -0.1) is 0 Å². The first-order chi connectivity index (χ1) is 10.2. The van der Waals surface area contributed by atoms with Crippen LogP contribution in [-0.4, -0.2) is 41.5 Å². The average Bonchev–Trinajstić information content (AvgIpc) is 2.95. The number of nitrogens with one attached hydrogen (secondary N) is 1. The van der Waals surface area contributed by atoms with Gasteiger partial charge in [0.05, 0.1) is 34.2 Å². The van der Waals surface area contributed by atoms with Gasteiger partial charge in [0.2, 0.25) is 0 Å². The zero-order valence-corrected chi connectivity index (χ0v) is 14.4. The summed E-state index contributed by atoms with van der Waals surface area (Å²) in [6.45, 7) is 1.28. The number of hydrogen-bond donors (Lipinski definition) is 1. The maximum absolute atomic E-state index is 13.1. The zero-order valence-electron chi connectivity index (χ0n) is 12.0. The first-order valence-electron chi connectivity index (χ1n) is 7.25. The molecule has 1 aliphatic carbocycles. The van der Waals surface area contributed by atoms with Crippen molar-refractivity contribution in [3.63, 3.8) is 0 Å². The van der Waals surface area contributed by atoms with E-state index in [4.69, 9.17) is 9.47 Å². The molecular formula is C15H20BrNO3S. The van der Waals surface area contributed by atoms with Crippen molar-refractivity contribution in [3.05, 3.63) is 28.7 Å². The van der Waals surface area contributed by atoms with Crippen molar-refractivity contribution in [3.8, 4) is 0 Å². The van der Waals surface area contributed by atoms with Gasteiger partial charge in [0, 0.05) is 23.4 Å². The number of hydrogen-bond acceptors (Lipinski definition) is 4. The molecule has 21 heavy (non-hydrogen) atoms. The second-order valence-corrected chi connectivity index (χ2v) is 8.01. The van der Waals surface area contributed by atoms with Gasteiger partial charge in [0.15, 0.2) is 5.79 Å². The minimum absolute atomic E-state index is 0.0134. The quantitative estimate of drug-likeness (QED) is 0.883. The van der Waals surface area contributed by atoms with Crippen LogP contribution in [0, 0.1) is 0 Å².